The second-order valence-corrected chi connectivity index (χ2v) is 6.50. The molecule has 1 aliphatic rings. The molecule has 1 atom stereocenters. The van der Waals surface area contributed by atoms with Crippen LogP contribution in [0.2, 0.25) is 10.0 Å². The minimum Gasteiger partial charge on any atom is -0.360 e. The fourth-order valence-electron chi connectivity index (χ4n) is 2.24. The molecule has 0 aliphatic carbocycles. The summed E-state index contributed by atoms with van der Waals surface area (Å²) in [6.45, 7) is 0.167. The smallest absolute Gasteiger partial charge is 0.255 e. The van der Waals surface area contributed by atoms with Crippen molar-refractivity contribution in [2.24, 2.45) is 0 Å². The standard InChI is InChI=1S/C14H7Cl3O3S/c15-10-7(12(18)8-2-1-3-21-8)4-6-5-20-13(14(17)19)9(6)11(10)16/h1-4,13H,5H2. The van der Waals surface area contributed by atoms with Gasteiger partial charge in [0.05, 0.1) is 21.5 Å². The van der Waals surface area contributed by atoms with E-state index in [4.69, 9.17) is 39.5 Å². The molecule has 1 aromatic heterocycles. The maximum Gasteiger partial charge on any atom is 0.255 e. The van der Waals surface area contributed by atoms with Crippen LogP contribution in [0.15, 0.2) is 23.6 Å². The Hall–Kier alpha value is -0.910. The molecule has 0 bridgehead atoms. The maximum absolute atomic E-state index is 12.4. The van der Waals surface area contributed by atoms with E-state index in [1.54, 1.807) is 23.6 Å². The number of halogens is 3. The topological polar surface area (TPSA) is 43.4 Å². The van der Waals surface area contributed by atoms with Crippen molar-refractivity contribution in [1.82, 2.24) is 0 Å². The Morgan fingerprint density at radius 3 is 2.67 bits per heavy atom. The van der Waals surface area contributed by atoms with Crippen molar-refractivity contribution >= 4 is 57.2 Å². The molecule has 0 spiro atoms. The van der Waals surface area contributed by atoms with Gasteiger partial charge in [-0.3, -0.25) is 9.59 Å². The Labute approximate surface area is 139 Å². The summed E-state index contributed by atoms with van der Waals surface area (Å²) >= 11 is 19.2. The molecular weight excluding hydrogens is 355 g/mol. The van der Waals surface area contributed by atoms with Gasteiger partial charge in [0, 0.05) is 11.1 Å². The van der Waals surface area contributed by atoms with Gasteiger partial charge in [-0.2, -0.15) is 0 Å². The lowest BCUT2D eigenvalue weighted by Gasteiger charge is -2.11. The van der Waals surface area contributed by atoms with Gasteiger partial charge in [0.15, 0.2) is 6.10 Å². The fourth-order valence-corrected chi connectivity index (χ4v) is 3.65. The van der Waals surface area contributed by atoms with Gasteiger partial charge in [-0.05, 0) is 34.7 Å². The third-order valence-electron chi connectivity index (χ3n) is 3.19. The number of ketones is 1. The van der Waals surface area contributed by atoms with Crippen molar-refractivity contribution < 1.29 is 14.3 Å². The Bertz CT molecular complexity index is 740. The minimum atomic E-state index is -0.933. The highest BCUT2D eigenvalue weighted by molar-refractivity contribution is 7.12. The first kappa shape index (κ1) is 15.0. The number of fused-ring (bicyclic) bond motifs is 1. The normalized spacial score (nSPS) is 16.8. The monoisotopic (exact) mass is 360 g/mol. The molecule has 1 aromatic carbocycles. The fraction of sp³-hybridized carbons (Fsp3) is 0.143. The van der Waals surface area contributed by atoms with Crippen LogP contribution in [0, 0.1) is 0 Å². The third kappa shape index (κ3) is 2.51. The molecule has 0 amide bonds. The SMILES string of the molecule is O=C(c1cccs1)c1cc2c(c(Cl)c1Cl)C(C(=O)Cl)OC2. The number of hydrogen-bond donors (Lipinski definition) is 0. The molecule has 0 N–H and O–H groups in total. The van der Waals surface area contributed by atoms with Gasteiger partial charge in [-0.25, -0.2) is 0 Å². The number of rotatable bonds is 3. The van der Waals surface area contributed by atoms with Crippen LogP contribution < -0.4 is 0 Å². The Morgan fingerprint density at radius 2 is 2.05 bits per heavy atom. The zero-order chi connectivity index (χ0) is 15.1. The van der Waals surface area contributed by atoms with Crippen LogP contribution in [0.3, 0.4) is 0 Å². The zero-order valence-electron chi connectivity index (χ0n) is 10.4. The quantitative estimate of drug-likeness (QED) is 0.591. The Balaban J connectivity index is 2.13. The number of ether oxygens (including phenoxy) is 1. The van der Waals surface area contributed by atoms with E-state index >= 15 is 0 Å². The van der Waals surface area contributed by atoms with Crippen molar-refractivity contribution in [1.29, 1.82) is 0 Å². The van der Waals surface area contributed by atoms with E-state index in [0.717, 1.165) is 0 Å². The predicted molar refractivity (Wildman–Crippen MR) is 82.6 cm³/mol. The summed E-state index contributed by atoms with van der Waals surface area (Å²) in [4.78, 5) is 24.3. The lowest BCUT2D eigenvalue weighted by Crippen LogP contribution is -2.07. The number of thiophene rings is 1. The average Bonchev–Trinajstić information content (AvgIpc) is 3.10. The average molecular weight is 362 g/mol. The van der Waals surface area contributed by atoms with Crippen molar-refractivity contribution in [3.05, 3.63) is 55.2 Å². The van der Waals surface area contributed by atoms with Crippen molar-refractivity contribution in [3.63, 3.8) is 0 Å². The van der Waals surface area contributed by atoms with Gasteiger partial charge >= 0.3 is 0 Å². The van der Waals surface area contributed by atoms with Crippen LogP contribution in [0.5, 0.6) is 0 Å². The van der Waals surface area contributed by atoms with Crippen LogP contribution in [0.4, 0.5) is 0 Å². The zero-order valence-corrected chi connectivity index (χ0v) is 13.4. The lowest BCUT2D eigenvalue weighted by molar-refractivity contribution is -0.121. The first-order valence-electron chi connectivity index (χ1n) is 5.90. The van der Waals surface area contributed by atoms with Crippen LogP contribution in [0.1, 0.15) is 32.5 Å². The van der Waals surface area contributed by atoms with Crippen LogP contribution in [-0.2, 0) is 16.1 Å². The summed E-state index contributed by atoms with van der Waals surface area (Å²) in [6.07, 6.45) is -0.933. The summed E-state index contributed by atoms with van der Waals surface area (Å²) in [7, 11) is 0. The lowest BCUT2D eigenvalue weighted by atomic mass is 10.00. The molecule has 0 saturated carbocycles. The van der Waals surface area contributed by atoms with E-state index in [1.807, 2.05) is 0 Å². The summed E-state index contributed by atoms with van der Waals surface area (Å²) in [5.41, 5.74) is 1.40. The molecule has 0 radical (unpaired) electrons. The molecular formula is C14H7Cl3O3S. The van der Waals surface area contributed by atoms with Gasteiger partial charge in [-0.1, -0.05) is 29.3 Å². The molecule has 108 valence electrons. The largest absolute Gasteiger partial charge is 0.360 e. The van der Waals surface area contributed by atoms with Crippen molar-refractivity contribution in [3.8, 4) is 0 Å². The van der Waals surface area contributed by atoms with Crippen molar-refractivity contribution in [2.75, 3.05) is 0 Å². The summed E-state index contributed by atoms with van der Waals surface area (Å²) in [5.74, 6) is -0.208. The van der Waals surface area contributed by atoms with Crippen LogP contribution >= 0.6 is 46.1 Å². The number of carbonyl (C=O) groups excluding carboxylic acids is 2. The molecule has 3 rings (SSSR count). The van der Waals surface area contributed by atoms with E-state index in [1.165, 1.54) is 11.3 Å². The number of benzene rings is 1. The summed E-state index contributed by atoms with van der Waals surface area (Å²) in [5, 5.41) is 1.40. The highest BCUT2D eigenvalue weighted by Crippen LogP contribution is 2.43. The predicted octanol–water partition coefficient (Wildman–Crippen LogP) is 4.62. The van der Waals surface area contributed by atoms with E-state index in [9.17, 15) is 9.59 Å². The van der Waals surface area contributed by atoms with Crippen molar-refractivity contribution in [2.45, 2.75) is 12.7 Å². The maximum atomic E-state index is 12.4. The van der Waals surface area contributed by atoms with Gasteiger partial charge in [0.1, 0.15) is 0 Å². The summed E-state index contributed by atoms with van der Waals surface area (Å²) < 4.78 is 5.31. The van der Waals surface area contributed by atoms with Crippen LogP contribution in [0.25, 0.3) is 0 Å². The molecule has 0 saturated heterocycles. The third-order valence-corrected chi connectivity index (χ3v) is 5.14. The van der Waals surface area contributed by atoms with Gasteiger partial charge in [0.25, 0.3) is 5.24 Å². The number of hydrogen-bond acceptors (Lipinski definition) is 4. The minimum absolute atomic E-state index is 0.113. The first-order chi connectivity index (χ1) is 10.0. The summed E-state index contributed by atoms with van der Waals surface area (Å²) in [6, 6.07) is 5.11. The van der Waals surface area contributed by atoms with Gasteiger partial charge in [-0.15, -0.1) is 11.3 Å². The molecule has 2 aromatic rings. The molecule has 21 heavy (non-hydrogen) atoms. The van der Waals surface area contributed by atoms with E-state index in [-0.39, 0.29) is 22.4 Å². The molecule has 1 unspecified atom stereocenters. The molecule has 1 aliphatic heterocycles. The van der Waals surface area contributed by atoms with Gasteiger partial charge in [0.2, 0.25) is 5.78 Å². The second-order valence-electron chi connectivity index (χ2n) is 4.43. The van der Waals surface area contributed by atoms with Gasteiger partial charge < -0.3 is 4.74 Å². The molecule has 0 fully saturated rings. The van der Waals surface area contributed by atoms with E-state index < -0.39 is 11.3 Å². The molecule has 2 heterocycles. The van der Waals surface area contributed by atoms with E-state index in [0.29, 0.717) is 21.6 Å². The van der Waals surface area contributed by atoms with E-state index in [2.05, 4.69) is 0 Å². The highest BCUT2D eigenvalue weighted by Gasteiger charge is 2.34. The highest BCUT2D eigenvalue weighted by atomic mass is 35.5. The second kappa shape index (κ2) is 5.71. The Kier molecular flexibility index (Phi) is 4.08. The first-order valence-corrected chi connectivity index (χ1v) is 7.92. The molecule has 7 heteroatoms. The number of carbonyl (C=O) groups is 2. The Morgan fingerprint density at radius 1 is 1.29 bits per heavy atom. The molecule has 3 nitrogen and oxygen atoms in total. The van der Waals surface area contributed by atoms with Crippen LogP contribution in [-0.4, -0.2) is 11.0 Å².